The van der Waals surface area contributed by atoms with Crippen LogP contribution in [0.4, 0.5) is 0 Å². The standard InChI is InChI=1S/C22H15ClO3/c1-25-18-9-4-14(5-10-18)16-6-11-21-20(12-16)19(13-22(24)26-21)15-2-7-17(23)8-3-15/h2-13H,1H3. The van der Waals surface area contributed by atoms with Crippen molar-refractivity contribution in [1.82, 2.24) is 0 Å². The second kappa shape index (κ2) is 6.70. The fourth-order valence-electron chi connectivity index (χ4n) is 2.99. The Bertz CT molecular complexity index is 1130. The lowest BCUT2D eigenvalue weighted by Gasteiger charge is -2.09. The first-order chi connectivity index (χ1) is 12.6. The van der Waals surface area contributed by atoms with Gasteiger partial charge in [-0.1, -0.05) is 41.9 Å². The first-order valence-corrected chi connectivity index (χ1v) is 8.50. The minimum absolute atomic E-state index is 0.375. The molecule has 4 aromatic rings. The zero-order valence-corrected chi connectivity index (χ0v) is 14.8. The highest BCUT2D eigenvalue weighted by molar-refractivity contribution is 6.30. The lowest BCUT2D eigenvalue weighted by atomic mass is 9.98. The third kappa shape index (κ3) is 3.09. The third-order valence-corrected chi connectivity index (χ3v) is 4.57. The topological polar surface area (TPSA) is 39.4 Å². The number of hydrogen-bond acceptors (Lipinski definition) is 3. The van der Waals surface area contributed by atoms with Crippen molar-refractivity contribution in [2.45, 2.75) is 0 Å². The fraction of sp³-hybridized carbons (Fsp3) is 0.0455. The monoisotopic (exact) mass is 362 g/mol. The van der Waals surface area contributed by atoms with E-state index < -0.39 is 0 Å². The van der Waals surface area contributed by atoms with Crippen molar-refractivity contribution in [1.29, 1.82) is 0 Å². The van der Waals surface area contributed by atoms with E-state index in [2.05, 4.69) is 0 Å². The summed E-state index contributed by atoms with van der Waals surface area (Å²) >= 11 is 5.99. The van der Waals surface area contributed by atoms with Gasteiger partial charge in [0, 0.05) is 16.5 Å². The molecule has 0 saturated heterocycles. The highest BCUT2D eigenvalue weighted by Gasteiger charge is 2.10. The van der Waals surface area contributed by atoms with Gasteiger partial charge in [0.15, 0.2) is 0 Å². The van der Waals surface area contributed by atoms with Crippen molar-refractivity contribution < 1.29 is 9.15 Å². The molecule has 0 amide bonds. The molecule has 0 atom stereocenters. The number of rotatable bonds is 3. The van der Waals surface area contributed by atoms with E-state index in [-0.39, 0.29) is 5.63 Å². The van der Waals surface area contributed by atoms with Crippen LogP contribution in [-0.4, -0.2) is 7.11 Å². The predicted octanol–water partition coefficient (Wildman–Crippen LogP) is 5.79. The summed E-state index contributed by atoms with van der Waals surface area (Å²) in [6, 6.07) is 22.6. The van der Waals surface area contributed by atoms with E-state index in [9.17, 15) is 4.79 Å². The lowest BCUT2D eigenvalue weighted by molar-refractivity contribution is 0.415. The van der Waals surface area contributed by atoms with Crippen molar-refractivity contribution >= 4 is 22.6 Å². The molecule has 0 spiro atoms. The number of hydrogen-bond donors (Lipinski definition) is 0. The van der Waals surface area contributed by atoms with E-state index in [0.717, 1.165) is 33.4 Å². The van der Waals surface area contributed by atoms with Gasteiger partial charge in [-0.3, -0.25) is 0 Å². The van der Waals surface area contributed by atoms with E-state index in [1.807, 2.05) is 66.7 Å². The quantitative estimate of drug-likeness (QED) is 0.433. The summed E-state index contributed by atoms with van der Waals surface area (Å²) in [5.41, 5.74) is 4.01. The zero-order valence-electron chi connectivity index (χ0n) is 14.0. The summed E-state index contributed by atoms with van der Waals surface area (Å²) in [4.78, 5) is 12.0. The molecule has 128 valence electrons. The van der Waals surface area contributed by atoms with Crippen LogP contribution in [0.25, 0.3) is 33.2 Å². The number of benzene rings is 3. The van der Waals surface area contributed by atoms with Gasteiger partial charge in [-0.2, -0.15) is 0 Å². The Hall–Kier alpha value is -3.04. The molecule has 1 aromatic heterocycles. The van der Waals surface area contributed by atoms with Gasteiger partial charge >= 0.3 is 5.63 Å². The normalized spacial score (nSPS) is 10.8. The fourth-order valence-corrected chi connectivity index (χ4v) is 3.12. The van der Waals surface area contributed by atoms with Gasteiger partial charge < -0.3 is 9.15 Å². The number of ether oxygens (including phenoxy) is 1. The van der Waals surface area contributed by atoms with E-state index in [1.54, 1.807) is 7.11 Å². The molecule has 0 unspecified atom stereocenters. The van der Waals surface area contributed by atoms with Gasteiger partial charge in [-0.25, -0.2) is 4.79 Å². The molecule has 0 aliphatic rings. The van der Waals surface area contributed by atoms with Gasteiger partial charge in [-0.15, -0.1) is 0 Å². The molecule has 26 heavy (non-hydrogen) atoms. The van der Waals surface area contributed by atoms with E-state index >= 15 is 0 Å². The maximum Gasteiger partial charge on any atom is 0.336 e. The van der Waals surface area contributed by atoms with Crippen LogP contribution in [0.5, 0.6) is 5.75 Å². The van der Waals surface area contributed by atoms with Crippen LogP contribution in [-0.2, 0) is 0 Å². The molecule has 4 rings (SSSR count). The summed E-state index contributed by atoms with van der Waals surface area (Å²) in [5, 5.41) is 1.53. The van der Waals surface area contributed by atoms with Crippen LogP contribution in [0.15, 0.2) is 82.0 Å². The number of halogens is 1. The second-order valence-electron chi connectivity index (χ2n) is 5.93. The van der Waals surface area contributed by atoms with Crippen LogP contribution < -0.4 is 10.4 Å². The molecule has 0 fully saturated rings. The SMILES string of the molecule is COc1ccc(-c2ccc3oc(=O)cc(-c4ccc(Cl)cc4)c3c2)cc1. The molecule has 3 aromatic carbocycles. The summed E-state index contributed by atoms with van der Waals surface area (Å²) in [6.45, 7) is 0. The van der Waals surface area contributed by atoms with Crippen LogP contribution in [0.3, 0.4) is 0 Å². The summed E-state index contributed by atoms with van der Waals surface area (Å²) in [7, 11) is 1.64. The smallest absolute Gasteiger partial charge is 0.336 e. The average molecular weight is 363 g/mol. The van der Waals surface area contributed by atoms with Crippen LogP contribution in [0.2, 0.25) is 5.02 Å². The summed E-state index contributed by atoms with van der Waals surface area (Å²) in [6.07, 6.45) is 0. The molecule has 0 saturated carbocycles. The molecule has 0 radical (unpaired) electrons. The summed E-state index contributed by atoms with van der Waals surface area (Å²) < 4.78 is 10.6. The van der Waals surface area contributed by atoms with Gasteiger partial charge in [0.1, 0.15) is 11.3 Å². The molecule has 3 nitrogen and oxygen atoms in total. The first kappa shape index (κ1) is 16.4. The number of methoxy groups -OCH3 is 1. The van der Waals surface area contributed by atoms with E-state index in [0.29, 0.717) is 10.6 Å². The highest BCUT2D eigenvalue weighted by Crippen LogP contribution is 2.32. The second-order valence-corrected chi connectivity index (χ2v) is 6.36. The molecular formula is C22H15ClO3. The Morgan fingerprint density at radius 1 is 0.808 bits per heavy atom. The Kier molecular flexibility index (Phi) is 4.23. The van der Waals surface area contributed by atoms with Crippen molar-refractivity contribution in [3.63, 3.8) is 0 Å². The van der Waals surface area contributed by atoms with Crippen LogP contribution >= 0.6 is 11.6 Å². The van der Waals surface area contributed by atoms with Crippen molar-refractivity contribution in [2.75, 3.05) is 7.11 Å². The molecule has 0 aliphatic carbocycles. The molecule has 0 aliphatic heterocycles. The predicted molar refractivity (Wildman–Crippen MR) is 105 cm³/mol. The maximum absolute atomic E-state index is 12.0. The van der Waals surface area contributed by atoms with Gasteiger partial charge in [-0.05, 0) is 58.7 Å². The minimum atomic E-state index is -0.375. The van der Waals surface area contributed by atoms with Gasteiger partial charge in [0.25, 0.3) is 0 Å². The number of fused-ring (bicyclic) bond motifs is 1. The van der Waals surface area contributed by atoms with Gasteiger partial charge in [0.2, 0.25) is 0 Å². The zero-order chi connectivity index (χ0) is 18.1. The first-order valence-electron chi connectivity index (χ1n) is 8.12. The molecule has 0 bridgehead atoms. The van der Waals surface area contributed by atoms with Crippen LogP contribution in [0, 0.1) is 0 Å². The Morgan fingerprint density at radius 3 is 2.15 bits per heavy atom. The van der Waals surface area contributed by atoms with Gasteiger partial charge in [0.05, 0.1) is 7.11 Å². The van der Waals surface area contributed by atoms with Crippen molar-refractivity contribution in [2.24, 2.45) is 0 Å². The average Bonchev–Trinajstić information content (AvgIpc) is 2.68. The van der Waals surface area contributed by atoms with Crippen LogP contribution in [0.1, 0.15) is 0 Å². The Morgan fingerprint density at radius 2 is 1.46 bits per heavy atom. The van der Waals surface area contributed by atoms with Crippen molar-refractivity contribution in [3.8, 4) is 28.0 Å². The van der Waals surface area contributed by atoms with E-state index in [4.69, 9.17) is 20.8 Å². The molecule has 4 heteroatoms. The molecular weight excluding hydrogens is 348 g/mol. The van der Waals surface area contributed by atoms with Crippen molar-refractivity contribution in [3.05, 3.63) is 88.2 Å². The molecule has 1 heterocycles. The Labute approximate surface area is 155 Å². The summed E-state index contributed by atoms with van der Waals surface area (Å²) in [5.74, 6) is 0.808. The highest BCUT2D eigenvalue weighted by atomic mass is 35.5. The largest absolute Gasteiger partial charge is 0.497 e. The Balaban J connectivity index is 1.91. The lowest BCUT2D eigenvalue weighted by Crippen LogP contribution is -1.98. The minimum Gasteiger partial charge on any atom is -0.497 e. The maximum atomic E-state index is 12.0. The van der Waals surface area contributed by atoms with E-state index in [1.165, 1.54) is 6.07 Å². The third-order valence-electron chi connectivity index (χ3n) is 4.32. The molecule has 0 N–H and O–H groups in total.